The molecule has 0 aliphatic rings. The molecule has 0 radical (unpaired) electrons. The average Bonchev–Trinajstić information content (AvgIpc) is 2.60. The molecule has 114 valence electrons. The molecule has 0 aliphatic carbocycles. The predicted molar refractivity (Wildman–Crippen MR) is 107 cm³/mol. The van der Waals surface area contributed by atoms with E-state index in [2.05, 4.69) is 68.3 Å². The summed E-state index contributed by atoms with van der Waals surface area (Å²) in [6.07, 6.45) is 0. The Bertz CT molecular complexity index is 1180. The van der Waals surface area contributed by atoms with E-state index in [9.17, 15) is 0 Å². The first kappa shape index (κ1) is 14.3. The molecule has 5 rings (SSSR count). The van der Waals surface area contributed by atoms with Crippen molar-refractivity contribution >= 4 is 75.5 Å². The number of para-hydroxylation sites is 2. The van der Waals surface area contributed by atoms with Crippen molar-refractivity contribution in [3.63, 3.8) is 0 Å². The summed E-state index contributed by atoms with van der Waals surface area (Å²) < 4.78 is 2.09. The molecule has 5 aromatic rings. The Labute approximate surface area is 154 Å². The molecule has 0 unspecified atom stereocenters. The highest BCUT2D eigenvalue weighted by atomic mass is 79.9. The number of aromatic nitrogens is 2. The lowest BCUT2D eigenvalue weighted by Gasteiger charge is -2.11. The van der Waals surface area contributed by atoms with Gasteiger partial charge in [0.05, 0.1) is 22.1 Å². The predicted octanol–water partition coefficient (Wildman–Crippen LogP) is 6.61. The van der Waals surface area contributed by atoms with Crippen LogP contribution in [0.3, 0.4) is 0 Å². The fraction of sp³-hybridized carbons (Fsp3) is 0. The smallest absolute Gasteiger partial charge is 0.0979 e. The third kappa shape index (κ3) is 2.06. The van der Waals surface area contributed by atoms with Crippen molar-refractivity contribution in [2.45, 2.75) is 0 Å². The third-order valence-corrected chi connectivity index (χ3v) is 5.32. The summed E-state index contributed by atoms with van der Waals surface area (Å²) in [6, 6.07) is 20.7. The first-order chi connectivity index (χ1) is 11.7. The molecule has 0 aliphatic heterocycles. The molecule has 24 heavy (non-hydrogen) atoms. The quantitative estimate of drug-likeness (QED) is 0.201. The Morgan fingerprint density at radius 1 is 0.542 bits per heavy atom. The molecule has 4 heteroatoms. The summed E-state index contributed by atoms with van der Waals surface area (Å²) in [4.78, 5) is 9.86. The molecule has 0 atom stereocenters. The van der Waals surface area contributed by atoms with Gasteiger partial charge in [-0.05, 0) is 47.2 Å². The summed E-state index contributed by atoms with van der Waals surface area (Å²) in [6.45, 7) is 0. The highest BCUT2D eigenvalue weighted by molar-refractivity contribution is 9.10. The van der Waals surface area contributed by atoms with Gasteiger partial charge in [-0.2, -0.15) is 0 Å². The van der Waals surface area contributed by atoms with Gasteiger partial charge in [0, 0.05) is 19.7 Å². The van der Waals surface area contributed by atoms with Gasteiger partial charge < -0.3 is 0 Å². The number of halogens is 2. The van der Waals surface area contributed by atoms with E-state index in [1.165, 1.54) is 10.8 Å². The van der Waals surface area contributed by atoms with Gasteiger partial charge in [-0.25, -0.2) is 9.97 Å². The van der Waals surface area contributed by atoms with Crippen molar-refractivity contribution in [1.82, 2.24) is 9.97 Å². The normalized spacial score (nSPS) is 11.8. The van der Waals surface area contributed by atoms with Gasteiger partial charge in [0.25, 0.3) is 0 Å². The zero-order valence-corrected chi connectivity index (χ0v) is 15.6. The van der Waals surface area contributed by atoms with Crippen LogP contribution in [0.15, 0.2) is 69.6 Å². The first-order valence-electron chi connectivity index (χ1n) is 7.58. The van der Waals surface area contributed by atoms with Crippen molar-refractivity contribution in [3.8, 4) is 0 Å². The van der Waals surface area contributed by atoms with Crippen LogP contribution in [0.1, 0.15) is 0 Å². The minimum atomic E-state index is 0.917. The van der Waals surface area contributed by atoms with E-state index in [-0.39, 0.29) is 0 Å². The second-order valence-electron chi connectivity index (χ2n) is 5.79. The van der Waals surface area contributed by atoms with Crippen LogP contribution in [0.5, 0.6) is 0 Å². The van der Waals surface area contributed by atoms with Crippen molar-refractivity contribution < 1.29 is 0 Å². The van der Waals surface area contributed by atoms with Gasteiger partial charge in [0.15, 0.2) is 0 Å². The van der Waals surface area contributed by atoms with Crippen LogP contribution in [0.2, 0.25) is 0 Å². The summed E-state index contributed by atoms with van der Waals surface area (Å²) in [5, 5.41) is 4.62. The molecular formula is C20H10Br2N2. The van der Waals surface area contributed by atoms with Gasteiger partial charge in [-0.15, -0.1) is 0 Å². The van der Waals surface area contributed by atoms with Crippen molar-refractivity contribution in [2.75, 3.05) is 0 Å². The fourth-order valence-corrected chi connectivity index (χ4v) is 3.99. The minimum Gasteiger partial charge on any atom is -0.244 e. The van der Waals surface area contributed by atoms with Gasteiger partial charge in [0.1, 0.15) is 0 Å². The number of fused-ring (bicyclic) bond motifs is 7. The molecule has 0 fully saturated rings. The Balaban J connectivity index is 2.15. The standard InChI is InChI=1S/C20H10Br2N2/c21-11-5-7-13-14-8-6-12(22)10-16(14)20-19(15(13)9-11)23-17-3-1-2-4-18(17)24-20/h1-10H. The zero-order chi connectivity index (χ0) is 16.3. The van der Waals surface area contributed by atoms with Gasteiger partial charge in [-0.3, -0.25) is 0 Å². The van der Waals surface area contributed by atoms with Crippen LogP contribution in [0.25, 0.3) is 43.6 Å². The zero-order valence-electron chi connectivity index (χ0n) is 12.4. The van der Waals surface area contributed by atoms with E-state index in [4.69, 9.17) is 9.97 Å². The number of nitrogens with zero attached hydrogens (tertiary/aromatic N) is 2. The Kier molecular flexibility index (Phi) is 3.12. The summed E-state index contributed by atoms with van der Waals surface area (Å²) in [5.74, 6) is 0. The molecule has 4 aromatic carbocycles. The molecule has 0 saturated carbocycles. The average molecular weight is 438 g/mol. The maximum atomic E-state index is 4.93. The van der Waals surface area contributed by atoms with E-state index in [1.807, 2.05) is 24.3 Å². The lowest BCUT2D eigenvalue weighted by molar-refractivity contribution is 1.42. The number of rotatable bonds is 0. The van der Waals surface area contributed by atoms with Gasteiger partial charge >= 0.3 is 0 Å². The monoisotopic (exact) mass is 436 g/mol. The highest BCUT2D eigenvalue weighted by Crippen LogP contribution is 2.36. The van der Waals surface area contributed by atoms with Crippen LogP contribution < -0.4 is 0 Å². The van der Waals surface area contributed by atoms with E-state index >= 15 is 0 Å². The number of hydrogen-bond donors (Lipinski definition) is 0. The SMILES string of the molecule is Brc1ccc2c3ccc(Br)cc3c3nc4ccccc4nc3c2c1. The van der Waals surface area contributed by atoms with Crippen LogP contribution in [-0.4, -0.2) is 9.97 Å². The number of hydrogen-bond acceptors (Lipinski definition) is 2. The second kappa shape index (κ2) is 5.23. The molecule has 2 nitrogen and oxygen atoms in total. The third-order valence-electron chi connectivity index (χ3n) is 4.33. The molecule has 0 saturated heterocycles. The van der Waals surface area contributed by atoms with E-state index in [1.54, 1.807) is 0 Å². The largest absolute Gasteiger partial charge is 0.244 e. The maximum Gasteiger partial charge on any atom is 0.0979 e. The molecule has 0 amide bonds. The minimum absolute atomic E-state index is 0.917. The molecule has 1 aromatic heterocycles. The molecule has 1 heterocycles. The summed E-state index contributed by atoms with van der Waals surface area (Å²) in [7, 11) is 0. The molecule has 0 spiro atoms. The van der Waals surface area contributed by atoms with Crippen LogP contribution in [0.4, 0.5) is 0 Å². The van der Waals surface area contributed by atoms with Crippen molar-refractivity contribution in [1.29, 1.82) is 0 Å². The van der Waals surface area contributed by atoms with Crippen LogP contribution in [-0.2, 0) is 0 Å². The maximum absolute atomic E-state index is 4.93. The van der Waals surface area contributed by atoms with Crippen LogP contribution in [0, 0.1) is 0 Å². The number of benzene rings is 4. The summed E-state index contributed by atoms with van der Waals surface area (Å²) >= 11 is 7.18. The topological polar surface area (TPSA) is 25.8 Å². The second-order valence-corrected chi connectivity index (χ2v) is 7.62. The van der Waals surface area contributed by atoms with Crippen LogP contribution >= 0.6 is 31.9 Å². The van der Waals surface area contributed by atoms with E-state index < -0.39 is 0 Å². The summed E-state index contributed by atoms with van der Waals surface area (Å²) in [5.41, 5.74) is 3.72. The Morgan fingerprint density at radius 3 is 1.46 bits per heavy atom. The van der Waals surface area contributed by atoms with Crippen molar-refractivity contribution in [3.05, 3.63) is 69.6 Å². The van der Waals surface area contributed by atoms with E-state index in [0.717, 1.165) is 41.8 Å². The van der Waals surface area contributed by atoms with E-state index in [0.29, 0.717) is 0 Å². The Hall–Kier alpha value is -2.04. The lowest BCUT2D eigenvalue weighted by atomic mass is 9.99. The molecule has 0 bridgehead atoms. The molecular weight excluding hydrogens is 428 g/mol. The lowest BCUT2D eigenvalue weighted by Crippen LogP contribution is -1.91. The van der Waals surface area contributed by atoms with Crippen molar-refractivity contribution in [2.24, 2.45) is 0 Å². The fourth-order valence-electron chi connectivity index (χ4n) is 3.27. The van der Waals surface area contributed by atoms with Gasteiger partial charge in [0.2, 0.25) is 0 Å². The first-order valence-corrected chi connectivity index (χ1v) is 9.16. The highest BCUT2D eigenvalue weighted by Gasteiger charge is 2.12. The van der Waals surface area contributed by atoms with Gasteiger partial charge in [-0.1, -0.05) is 56.1 Å². The Morgan fingerprint density at radius 2 is 1.00 bits per heavy atom. The molecule has 0 N–H and O–H groups in total.